The van der Waals surface area contributed by atoms with Crippen molar-refractivity contribution in [3.8, 4) is 0 Å². The third-order valence-corrected chi connectivity index (χ3v) is 10.5. The van der Waals surface area contributed by atoms with E-state index < -0.39 is 27.5 Å². The van der Waals surface area contributed by atoms with E-state index in [-0.39, 0.29) is 29.7 Å². The molecule has 2 aliphatic rings. The zero-order valence-corrected chi connectivity index (χ0v) is 24.4. The first kappa shape index (κ1) is 30.3. The van der Waals surface area contributed by atoms with Crippen LogP contribution in [0.1, 0.15) is 57.6 Å². The highest BCUT2D eigenvalue weighted by atomic mass is 32.2. The lowest BCUT2D eigenvalue weighted by Crippen LogP contribution is -2.51. The molecule has 4 unspecified atom stereocenters. The molecule has 0 aromatic heterocycles. The lowest BCUT2D eigenvalue weighted by atomic mass is 9.81. The van der Waals surface area contributed by atoms with Crippen molar-refractivity contribution in [3.05, 3.63) is 71.8 Å². The highest BCUT2D eigenvalue weighted by Gasteiger charge is 2.43. The Bertz CT molecular complexity index is 1320. The summed E-state index contributed by atoms with van der Waals surface area (Å²) in [7, 11) is -1.49. The van der Waals surface area contributed by atoms with Gasteiger partial charge in [-0.3, -0.25) is 4.79 Å². The van der Waals surface area contributed by atoms with Crippen LogP contribution in [-0.4, -0.2) is 61.6 Å². The number of halogens is 3. The summed E-state index contributed by atoms with van der Waals surface area (Å²) < 4.78 is 66.5. The number of carbonyl (C=O) groups excluding carboxylic acids is 1. The number of benzene rings is 2. The Kier molecular flexibility index (Phi) is 9.15. The summed E-state index contributed by atoms with van der Waals surface area (Å²) in [6.07, 6.45) is 0.151. The van der Waals surface area contributed by atoms with Crippen molar-refractivity contribution in [2.45, 2.75) is 75.7 Å². The van der Waals surface area contributed by atoms with E-state index in [1.165, 1.54) is 6.07 Å². The van der Waals surface area contributed by atoms with Gasteiger partial charge in [0.05, 0.1) is 22.1 Å². The number of hydrogen-bond donors (Lipinski definition) is 0. The monoisotopic (exact) mass is 576 g/mol. The molecule has 9 heteroatoms. The number of rotatable bonds is 8. The molecule has 1 aliphatic carbocycles. The number of amides is 1. The van der Waals surface area contributed by atoms with Gasteiger partial charge >= 0.3 is 6.18 Å². The Labute approximate surface area is 236 Å². The minimum atomic E-state index is -4.44. The van der Waals surface area contributed by atoms with E-state index in [4.69, 9.17) is 0 Å². The highest BCUT2D eigenvalue weighted by Crippen LogP contribution is 2.38. The van der Waals surface area contributed by atoms with Crippen LogP contribution in [0, 0.1) is 11.8 Å². The maximum absolute atomic E-state index is 13.6. The molecule has 1 saturated heterocycles. The minimum absolute atomic E-state index is 0.0301. The molecule has 2 fully saturated rings. The van der Waals surface area contributed by atoms with Crippen LogP contribution in [0.4, 0.5) is 13.2 Å². The summed E-state index contributed by atoms with van der Waals surface area (Å²) >= 11 is 0. The van der Waals surface area contributed by atoms with Crippen LogP contribution in [0.15, 0.2) is 65.6 Å². The molecule has 4 rings (SSSR count). The van der Waals surface area contributed by atoms with Crippen molar-refractivity contribution in [1.82, 2.24) is 9.80 Å². The fourth-order valence-corrected chi connectivity index (χ4v) is 7.84. The Balaban J connectivity index is 1.56. The first-order valence-corrected chi connectivity index (χ1v) is 15.6. The molecule has 2 aromatic carbocycles. The lowest BCUT2D eigenvalue weighted by molar-refractivity contribution is -0.137. The Morgan fingerprint density at radius 2 is 1.77 bits per heavy atom. The predicted octanol–water partition coefficient (Wildman–Crippen LogP) is 6.31. The van der Waals surface area contributed by atoms with Crippen molar-refractivity contribution < 1.29 is 26.4 Å². The Morgan fingerprint density at radius 1 is 1.07 bits per heavy atom. The van der Waals surface area contributed by atoms with Gasteiger partial charge in [-0.05, 0) is 94.8 Å². The highest BCUT2D eigenvalue weighted by molar-refractivity contribution is 7.91. The fourth-order valence-electron chi connectivity index (χ4n) is 6.16. The maximum Gasteiger partial charge on any atom is 0.416 e. The Hall–Kier alpha value is -2.65. The number of carbonyl (C=O) groups is 1. The molecule has 0 N–H and O–H groups in total. The van der Waals surface area contributed by atoms with Gasteiger partial charge in [-0.25, -0.2) is 8.42 Å². The van der Waals surface area contributed by atoms with Crippen LogP contribution in [0.2, 0.25) is 0 Å². The molecule has 1 aliphatic heterocycles. The zero-order chi connectivity index (χ0) is 29.2. The average Bonchev–Trinajstić information content (AvgIpc) is 3.27. The smallest absolute Gasteiger partial charge is 0.339 e. The number of likely N-dealkylation sites (tertiary alicyclic amines) is 1. The summed E-state index contributed by atoms with van der Waals surface area (Å²) in [6.45, 7) is 6.48. The van der Waals surface area contributed by atoms with Crippen molar-refractivity contribution in [1.29, 1.82) is 0 Å². The Morgan fingerprint density at radius 3 is 2.42 bits per heavy atom. The van der Waals surface area contributed by atoms with Gasteiger partial charge in [0.2, 0.25) is 5.91 Å². The number of nitrogens with zero attached hydrogens (tertiary/aromatic N) is 2. The van der Waals surface area contributed by atoms with Crippen LogP contribution in [0.5, 0.6) is 0 Å². The molecule has 5 nitrogen and oxygen atoms in total. The number of allylic oxidation sites excluding steroid dienone is 1. The van der Waals surface area contributed by atoms with E-state index in [1.54, 1.807) is 49.4 Å². The molecule has 0 radical (unpaired) electrons. The van der Waals surface area contributed by atoms with Gasteiger partial charge in [0.25, 0.3) is 0 Å². The quantitative estimate of drug-likeness (QED) is 0.370. The second-order valence-electron chi connectivity index (χ2n) is 11.5. The number of hydrogen-bond acceptors (Lipinski definition) is 4. The lowest BCUT2D eigenvalue weighted by Gasteiger charge is -2.44. The fraction of sp³-hybridized carbons (Fsp3) is 0.516. The molecule has 1 amide bonds. The van der Waals surface area contributed by atoms with Crippen molar-refractivity contribution in [2.75, 3.05) is 19.3 Å². The average molecular weight is 577 g/mol. The maximum atomic E-state index is 13.6. The van der Waals surface area contributed by atoms with Crippen molar-refractivity contribution in [3.63, 3.8) is 0 Å². The molecule has 1 heterocycles. The van der Waals surface area contributed by atoms with E-state index in [0.29, 0.717) is 47.9 Å². The summed E-state index contributed by atoms with van der Waals surface area (Å²) in [5.74, 6) is -0.773. The molecule has 1 saturated carbocycles. The van der Waals surface area contributed by atoms with E-state index in [1.807, 2.05) is 4.90 Å². The molecular formula is C31H39F3N2O3S. The third-order valence-electron chi connectivity index (χ3n) is 8.62. The number of sulfone groups is 1. The summed E-state index contributed by atoms with van der Waals surface area (Å²) in [6, 6.07) is 13.9. The van der Waals surface area contributed by atoms with Gasteiger partial charge in [-0.15, -0.1) is 0 Å². The first-order chi connectivity index (χ1) is 18.8. The summed E-state index contributed by atoms with van der Waals surface area (Å²) in [5.41, 5.74) is 0.338. The molecule has 218 valence electrons. The zero-order valence-electron chi connectivity index (χ0n) is 23.6. The minimum Gasteiger partial charge on any atom is -0.339 e. The van der Waals surface area contributed by atoms with Crippen molar-refractivity contribution in [2.24, 2.45) is 11.8 Å². The van der Waals surface area contributed by atoms with E-state index in [9.17, 15) is 26.4 Å². The van der Waals surface area contributed by atoms with Crippen LogP contribution >= 0.6 is 0 Å². The molecule has 4 atom stereocenters. The normalized spacial score (nSPS) is 24.8. The summed E-state index contributed by atoms with van der Waals surface area (Å²) in [4.78, 5) is 18.1. The van der Waals surface area contributed by atoms with Crippen LogP contribution in [-0.2, 0) is 20.8 Å². The molecule has 0 spiro atoms. The molecule has 2 aromatic rings. The second kappa shape index (κ2) is 12.1. The standard InChI is InChI=1S/C31H39F3N2O3S/c1-21(2)35(4)27-13-14-29(25(19-27)20-40(38,39)28-11-6-5-7-12-28)36-16-15-24(30(36)37)17-22(3)23-9-8-10-26(18-23)31(32,33)34/h5-12,17-18,21,24-25,27,29H,13-16,19-20H2,1-4H3/b22-17+. The van der Waals surface area contributed by atoms with Gasteiger partial charge < -0.3 is 9.80 Å². The largest absolute Gasteiger partial charge is 0.416 e. The van der Waals surface area contributed by atoms with Crippen LogP contribution in [0.3, 0.4) is 0 Å². The van der Waals surface area contributed by atoms with E-state index in [2.05, 4.69) is 25.8 Å². The van der Waals surface area contributed by atoms with E-state index >= 15 is 0 Å². The third kappa shape index (κ3) is 6.79. The van der Waals surface area contributed by atoms with Gasteiger partial charge in [0.15, 0.2) is 9.84 Å². The topological polar surface area (TPSA) is 57.7 Å². The summed E-state index contributed by atoms with van der Waals surface area (Å²) in [5, 5.41) is 0. The van der Waals surface area contributed by atoms with Gasteiger partial charge in [0, 0.05) is 24.7 Å². The molecular weight excluding hydrogens is 537 g/mol. The molecule has 40 heavy (non-hydrogen) atoms. The van der Waals surface area contributed by atoms with Crippen molar-refractivity contribution >= 4 is 21.3 Å². The molecule has 0 bridgehead atoms. The SMILES string of the molecule is C/C(=C\C1CCN(C2CCC(N(C)C(C)C)CC2CS(=O)(=O)c2ccccc2)C1=O)c1cccc(C(F)(F)F)c1. The second-order valence-corrected chi connectivity index (χ2v) is 13.5. The number of alkyl halides is 3. The van der Waals surface area contributed by atoms with Gasteiger partial charge in [-0.2, -0.15) is 13.2 Å². The first-order valence-electron chi connectivity index (χ1n) is 13.9. The van der Waals surface area contributed by atoms with E-state index in [0.717, 1.165) is 18.6 Å². The van der Waals surface area contributed by atoms with Crippen LogP contribution < -0.4 is 0 Å². The predicted molar refractivity (Wildman–Crippen MR) is 151 cm³/mol. The van der Waals surface area contributed by atoms with Gasteiger partial charge in [0.1, 0.15) is 0 Å². The van der Waals surface area contributed by atoms with Crippen LogP contribution in [0.25, 0.3) is 5.57 Å². The van der Waals surface area contributed by atoms with Gasteiger partial charge in [-0.1, -0.05) is 36.4 Å².